The topological polar surface area (TPSA) is 58.4 Å². The Morgan fingerprint density at radius 1 is 1.04 bits per heavy atom. The van der Waals surface area contributed by atoms with Gasteiger partial charge < -0.3 is 15.0 Å². The normalized spacial score (nSPS) is 12.4. The van der Waals surface area contributed by atoms with Crippen LogP contribution in [-0.2, 0) is 0 Å². The lowest BCUT2D eigenvalue weighted by Gasteiger charge is -2.23. The van der Waals surface area contributed by atoms with Crippen LogP contribution in [0, 0.1) is 13.8 Å². The first-order valence-electron chi connectivity index (χ1n) is 8.52. The number of carbonyl (C=O) groups excluding carboxylic acids is 1. The number of urea groups is 1. The highest BCUT2D eigenvalue weighted by molar-refractivity contribution is 5.75. The molecular formula is C20H24N4O. The van der Waals surface area contributed by atoms with Gasteiger partial charge in [-0.2, -0.15) is 0 Å². The van der Waals surface area contributed by atoms with Crippen LogP contribution in [-0.4, -0.2) is 21.5 Å². The summed E-state index contributed by atoms with van der Waals surface area (Å²) in [5.41, 5.74) is 5.18. The monoisotopic (exact) mass is 336 g/mol. The first kappa shape index (κ1) is 17.0. The van der Waals surface area contributed by atoms with E-state index >= 15 is 0 Å². The summed E-state index contributed by atoms with van der Waals surface area (Å²) < 4.78 is 2.02. The quantitative estimate of drug-likeness (QED) is 0.762. The Balaban J connectivity index is 2.10. The van der Waals surface area contributed by atoms with Crippen LogP contribution in [0.1, 0.15) is 42.3 Å². The van der Waals surface area contributed by atoms with Gasteiger partial charge in [0, 0.05) is 12.2 Å². The standard InChI is InChI=1S/C20H24N4O/c1-13(2)22-20(25)23-19(18-14(3)8-7-9-15(18)4)16-12-21-17-10-5-6-11-24(16)17/h5-13,19H,1-4H3,(H2,22,23,25). The molecule has 0 fully saturated rings. The smallest absolute Gasteiger partial charge is 0.315 e. The van der Waals surface area contributed by atoms with Gasteiger partial charge in [0.2, 0.25) is 0 Å². The summed E-state index contributed by atoms with van der Waals surface area (Å²) in [4.78, 5) is 16.9. The minimum atomic E-state index is -0.280. The molecule has 2 aromatic heterocycles. The number of imidazole rings is 1. The highest BCUT2D eigenvalue weighted by atomic mass is 16.2. The minimum absolute atomic E-state index is 0.0702. The Morgan fingerprint density at radius 2 is 1.76 bits per heavy atom. The molecule has 25 heavy (non-hydrogen) atoms. The molecule has 1 unspecified atom stereocenters. The van der Waals surface area contributed by atoms with Crippen molar-refractivity contribution in [2.24, 2.45) is 0 Å². The van der Waals surface area contributed by atoms with Gasteiger partial charge in [-0.05, 0) is 56.5 Å². The molecule has 5 nitrogen and oxygen atoms in total. The van der Waals surface area contributed by atoms with Gasteiger partial charge in [0.05, 0.1) is 17.9 Å². The molecule has 2 heterocycles. The van der Waals surface area contributed by atoms with Gasteiger partial charge in [-0.25, -0.2) is 9.78 Å². The first-order chi connectivity index (χ1) is 12.0. The molecule has 2 N–H and O–H groups in total. The molecule has 0 saturated carbocycles. The summed E-state index contributed by atoms with van der Waals surface area (Å²) in [6.07, 6.45) is 3.81. The predicted octanol–water partition coefficient (Wildman–Crippen LogP) is 3.75. The molecule has 0 bridgehead atoms. The number of pyridine rings is 1. The van der Waals surface area contributed by atoms with Crippen molar-refractivity contribution in [1.82, 2.24) is 20.0 Å². The zero-order chi connectivity index (χ0) is 18.0. The fourth-order valence-electron chi connectivity index (χ4n) is 3.18. The Bertz CT molecular complexity index is 877. The molecule has 3 rings (SSSR count). The molecule has 0 aliphatic heterocycles. The molecule has 130 valence electrons. The first-order valence-corrected chi connectivity index (χ1v) is 8.52. The number of amides is 2. The van der Waals surface area contributed by atoms with Crippen LogP contribution >= 0.6 is 0 Å². The molecular weight excluding hydrogens is 312 g/mol. The van der Waals surface area contributed by atoms with Gasteiger partial charge >= 0.3 is 6.03 Å². The van der Waals surface area contributed by atoms with E-state index in [9.17, 15) is 4.79 Å². The maximum Gasteiger partial charge on any atom is 0.315 e. The number of benzene rings is 1. The Kier molecular flexibility index (Phi) is 4.74. The maximum atomic E-state index is 12.4. The third-order valence-corrected chi connectivity index (χ3v) is 4.27. The van der Waals surface area contributed by atoms with Crippen molar-refractivity contribution in [3.63, 3.8) is 0 Å². The average Bonchev–Trinajstić information content (AvgIpc) is 2.97. The van der Waals surface area contributed by atoms with Crippen LogP contribution in [0.25, 0.3) is 5.65 Å². The fourth-order valence-corrected chi connectivity index (χ4v) is 3.18. The van der Waals surface area contributed by atoms with E-state index in [4.69, 9.17) is 0 Å². The van der Waals surface area contributed by atoms with Crippen LogP contribution in [0.3, 0.4) is 0 Å². The minimum Gasteiger partial charge on any atom is -0.336 e. The zero-order valence-electron chi connectivity index (χ0n) is 15.1. The van der Waals surface area contributed by atoms with E-state index in [1.807, 2.05) is 54.9 Å². The van der Waals surface area contributed by atoms with E-state index in [0.717, 1.165) is 28.0 Å². The van der Waals surface area contributed by atoms with Gasteiger partial charge in [-0.1, -0.05) is 24.3 Å². The number of carbonyl (C=O) groups is 1. The van der Waals surface area contributed by atoms with Gasteiger partial charge in [0.15, 0.2) is 0 Å². The van der Waals surface area contributed by atoms with Crippen molar-refractivity contribution >= 4 is 11.7 Å². The van der Waals surface area contributed by atoms with E-state index in [1.54, 1.807) is 0 Å². The van der Waals surface area contributed by atoms with Crippen molar-refractivity contribution in [1.29, 1.82) is 0 Å². The van der Waals surface area contributed by atoms with Crippen molar-refractivity contribution < 1.29 is 4.79 Å². The van der Waals surface area contributed by atoms with E-state index in [2.05, 4.69) is 41.6 Å². The third kappa shape index (κ3) is 3.50. The lowest BCUT2D eigenvalue weighted by atomic mass is 9.94. The Morgan fingerprint density at radius 3 is 2.44 bits per heavy atom. The van der Waals surface area contributed by atoms with Crippen molar-refractivity contribution in [2.45, 2.75) is 39.8 Å². The summed E-state index contributed by atoms with van der Waals surface area (Å²) in [5, 5.41) is 6.04. The van der Waals surface area contributed by atoms with Crippen molar-refractivity contribution in [3.05, 3.63) is 71.2 Å². The number of hydrogen-bond acceptors (Lipinski definition) is 2. The fraction of sp³-hybridized carbons (Fsp3) is 0.300. The molecule has 1 atom stereocenters. The Hall–Kier alpha value is -2.82. The van der Waals surface area contributed by atoms with E-state index in [1.165, 1.54) is 0 Å². The molecule has 0 aliphatic carbocycles. The summed E-state index contributed by atoms with van der Waals surface area (Å²) in [6.45, 7) is 8.03. The highest BCUT2D eigenvalue weighted by Crippen LogP contribution is 2.28. The zero-order valence-corrected chi connectivity index (χ0v) is 15.1. The van der Waals surface area contributed by atoms with Crippen LogP contribution < -0.4 is 10.6 Å². The molecule has 1 aromatic carbocycles. The maximum absolute atomic E-state index is 12.4. The summed E-state index contributed by atoms with van der Waals surface area (Å²) in [6, 6.07) is 11.7. The molecule has 0 saturated heterocycles. The molecule has 3 aromatic rings. The lowest BCUT2D eigenvalue weighted by Crippen LogP contribution is -2.42. The number of fused-ring (bicyclic) bond motifs is 1. The number of nitrogens with zero attached hydrogens (tertiary/aromatic N) is 2. The predicted molar refractivity (Wildman–Crippen MR) is 99.8 cm³/mol. The number of rotatable bonds is 4. The highest BCUT2D eigenvalue weighted by Gasteiger charge is 2.23. The van der Waals surface area contributed by atoms with Crippen molar-refractivity contribution in [3.8, 4) is 0 Å². The lowest BCUT2D eigenvalue weighted by molar-refractivity contribution is 0.236. The van der Waals surface area contributed by atoms with Crippen LogP contribution in [0.15, 0.2) is 48.8 Å². The van der Waals surface area contributed by atoms with Crippen LogP contribution in [0.4, 0.5) is 4.79 Å². The molecule has 0 spiro atoms. The molecule has 2 amide bonds. The third-order valence-electron chi connectivity index (χ3n) is 4.27. The van der Waals surface area contributed by atoms with E-state index < -0.39 is 0 Å². The van der Waals surface area contributed by atoms with E-state index in [-0.39, 0.29) is 18.1 Å². The number of aromatic nitrogens is 2. The van der Waals surface area contributed by atoms with Crippen LogP contribution in [0.2, 0.25) is 0 Å². The molecule has 5 heteroatoms. The van der Waals surface area contributed by atoms with Gasteiger partial charge in [0.1, 0.15) is 5.65 Å². The summed E-state index contributed by atoms with van der Waals surface area (Å²) in [5.74, 6) is 0. The SMILES string of the molecule is Cc1cccc(C)c1C(NC(=O)NC(C)C)c1cnc2ccccn12. The number of nitrogens with one attached hydrogen (secondary N) is 2. The summed E-state index contributed by atoms with van der Waals surface area (Å²) >= 11 is 0. The second-order valence-corrected chi connectivity index (χ2v) is 6.62. The molecule has 0 aliphatic rings. The average molecular weight is 336 g/mol. The number of aryl methyl sites for hydroxylation is 2. The van der Waals surface area contributed by atoms with Gasteiger partial charge in [0.25, 0.3) is 0 Å². The van der Waals surface area contributed by atoms with E-state index in [0.29, 0.717) is 0 Å². The second kappa shape index (κ2) is 6.97. The molecule has 0 radical (unpaired) electrons. The van der Waals surface area contributed by atoms with Crippen LogP contribution in [0.5, 0.6) is 0 Å². The number of hydrogen-bond donors (Lipinski definition) is 2. The second-order valence-electron chi connectivity index (χ2n) is 6.62. The summed E-state index contributed by atoms with van der Waals surface area (Å²) in [7, 11) is 0. The van der Waals surface area contributed by atoms with Crippen molar-refractivity contribution in [2.75, 3.05) is 0 Å². The Labute approximate surface area is 148 Å². The largest absolute Gasteiger partial charge is 0.336 e. The van der Waals surface area contributed by atoms with Gasteiger partial charge in [-0.3, -0.25) is 0 Å². The van der Waals surface area contributed by atoms with Gasteiger partial charge in [-0.15, -0.1) is 0 Å².